The van der Waals surface area contributed by atoms with E-state index in [1.807, 2.05) is 55.5 Å². The van der Waals surface area contributed by atoms with Crippen LogP contribution in [0.3, 0.4) is 0 Å². The first-order chi connectivity index (χ1) is 15.3. The second-order valence-electron chi connectivity index (χ2n) is 7.66. The van der Waals surface area contributed by atoms with Crippen molar-refractivity contribution in [2.45, 2.75) is 33.4 Å². The lowest BCUT2D eigenvalue weighted by Gasteiger charge is -2.30. The minimum Gasteiger partial charge on any atom is -0.328 e. The number of hydrogen-bond donors (Lipinski definition) is 1. The molecule has 0 aliphatic rings. The molecule has 2 amide bonds. The van der Waals surface area contributed by atoms with Gasteiger partial charge in [-0.3, -0.25) is 19.7 Å². The molecule has 32 heavy (non-hydrogen) atoms. The summed E-state index contributed by atoms with van der Waals surface area (Å²) in [6, 6.07) is 21.1. The summed E-state index contributed by atoms with van der Waals surface area (Å²) in [6.07, 6.45) is 0. The Hall–Kier alpha value is -4.00. The van der Waals surface area contributed by atoms with E-state index in [2.05, 4.69) is 5.32 Å². The Labute approximate surface area is 186 Å². The summed E-state index contributed by atoms with van der Waals surface area (Å²) in [4.78, 5) is 37.6. The molecule has 0 saturated heterocycles. The van der Waals surface area contributed by atoms with Crippen LogP contribution in [0.15, 0.2) is 72.8 Å². The molecule has 0 bridgehead atoms. The minimum atomic E-state index is -0.478. The molecule has 0 aliphatic carbocycles. The van der Waals surface area contributed by atoms with Crippen LogP contribution in [0.2, 0.25) is 0 Å². The number of nitrogens with one attached hydrogen (secondary N) is 1. The van der Waals surface area contributed by atoms with Crippen LogP contribution in [0.4, 0.5) is 11.4 Å². The lowest BCUT2D eigenvalue weighted by Crippen LogP contribution is -2.33. The predicted molar refractivity (Wildman–Crippen MR) is 123 cm³/mol. The van der Waals surface area contributed by atoms with Crippen LogP contribution >= 0.6 is 0 Å². The van der Waals surface area contributed by atoms with Gasteiger partial charge in [-0.2, -0.15) is 0 Å². The van der Waals surface area contributed by atoms with E-state index >= 15 is 0 Å². The summed E-state index contributed by atoms with van der Waals surface area (Å²) >= 11 is 0. The number of nitrogens with zero attached hydrogens (tertiary/aromatic N) is 2. The van der Waals surface area contributed by atoms with E-state index in [-0.39, 0.29) is 29.1 Å². The van der Waals surface area contributed by atoms with Crippen LogP contribution in [0.5, 0.6) is 0 Å². The van der Waals surface area contributed by atoms with Gasteiger partial charge in [0.2, 0.25) is 5.91 Å². The lowest BCUT2D eigenvalue weighted by molar-refractivity contribution is -0.385. The van der Waals surface area contributed by atoms with Crippen molar-refractivity contribution in [2.24, 2.45) is 0 Å². The Morgan fingerprint density at radius 3 is 2.41 bits per heavy atom. The molecular weight excluding hydrogens is 406 g/mol. The standard InChI is InChI=1S/C25H25N3O4/c1-17-12-13-22(15-24(17)28(31)32)25(30)27(16-20-8-5-4-6-9-20)18(2)21-10-7-11-23(14-21)26-19(3)29/h4-15,18H,16H2,1-3H3,(H,26,29). The van der Waals surface area contributed by atoms with E-state index in [0.29, 0.717) is 17.8 Å². The fourth-order valence-corrected chi connectivity index (χ4v) is 3.53. The van der Waals surface area contributed by atoms with Gasteiger partial charge in [-0.25, -0.2) is 0 Å². The highest BCUT2D eigenvalue weighted by Crippen LogP contribution is 2.28. The first kappa shape index (κ1) is 22.7. The monoisotopic (exact) mass is 431 g/mol. The van der Waals surface area contributed by atoms with E-state index < -0.39 is 4.92 Å². The average molecular weight is 431 g/mol. The largest absolute Gasteiger partial charge is 0.328 e. The van der Waals surface area contributed by atoms with Crippen molar-refractivity contribution in [1.29, 1.82) is 0 Å². The van der Waals surface area contributed by atoms with Crippen molar-refractivity contribution in [3.63, 3.8) is 0 Å². The molecule has 3 aromatic carbocycles. The van der Waals surface area contributed by atoms with Crippen molar-refractivity contribution < 1.29 is 14.5 Å². The Balaban J connectivity index is 2.00. The molecule has 1 N–H and O–H groups in total. The number of benzene rings is 3. The normalized spacial score (nSPS) is 11.5. The van der Waals surface area contributed by atoms with Crippen LogP contribution in [0, 0.1) is 17.0 Å². The second-order valence-corrected chi connectivity index (χ2v) is 7.66. The van der Waals surface area contributed by atoms with Gasteiger partial charge in [0.25, 0.3) is 11.6 Å². The van der Waals surface area contributed by atoms with Gasteiger partial charge in [-0.1, -0.05) is 48.5 Å². The third kappa shape index (κ3) is 5.37. The highest BCUT2D eigenvalue weighted by Gasteiger charge is 2.25. The van der Waals surface area contributed by atoms with Crippen LogP contribution in [-0.2, 0) is 11.3 Å². The maximum Gasteiger partial charge on any atom is 0.273 e. The van der Waals surface area contributed by atoms with Gasteiger partial charge >= 0.3 is 0 Å². The third-order valence-corrected chi connectivity index (χ3v) is 5.27. The van der Waals surface area contributed by atoms with Crippen molar-refractivity contribution in [3.05, 3.63) is 105 Å². The molecule has 7 heteroatoms. The topological polar surface area (TPSA) is 92.6 Å². The molecule has 0 saturated carbocycles. The van der Waals surface area contributed by atoms with Crippen LogP contribution in [0.1, 0.15) is 46.9 Å². The molecule has 1 unspecified atom stereocenters. The fraction of sp³-hybridized carbons (Fsp3) is 0.200. The Morgan fingerprint density at radius 2 is 1.75 bits per heavy atom. The molecule has 0 spiro atoms. The first-order valence-corrected chi connectivity index (χ1v) is 10.2. The number of hydrogen-bond acceptors (Lipinski definition) is 4. The molecule has 0 fully saturated rings. The Kier molecular flexibility index (Phi) is 7.00. The number of carbonyl (C=O) groups excluding carboxylic acids is 2. The van der Waals surface area contributed by atoms with Crippen molar-refractivity contribution >= 4 is 23.2 Å². The second kappa shape index (κ2) is 9.87. The van der Waals surface area contributed by atoms with Gasteiger partial charge in [-0.05, 0) is 43.2 Å². The number of rotatable bonds is 7. The summed E-state index contributed by atoms with van der Waals surface area (Å²) in [6.45, 7) is 5.30. The summed E-state index contributed by atoms with van der Waals surface area (Å²) in [5, 5.41) is 14.1. The molecule has 7 nitrogen and oxygen atoms in total. The summed E-state index contributed by atoms with van der Waals surface area (Å²) < 4.78 is 0. The van der Waals surface area contributed by atoms with Crippen LogP contribution < -0.4 is 5.32 Å². The van der Waals surface area contributed by atoms with E-state index in [0.717, 1.165) is 11.1 Å². The average Bonchev–Trinajstić information content (AvgIpc) is 2.77. The summed E-state index contributed by atoms with van der Waals surface area (Å²) in [7, 11) is 0. The summed E-state index contributed by atoms with van der Waals surface area (Å²) in [5.41, 5.74) is 3.07. The molecule has 0 aliphatic heterocycles. The quantitative estimate of drug-likeness (QED) is 0.408. The van der Waals surface area contributed by atoms with Gasteiger partial charge < -0.3 is 10.2 Å². The molecule has 1 atom stereocenters. The number of anilines is 1. The Morgan fingerprint density at radius 1 is 1.03 bits per heavy atom. The van der Waals surface area contributed by atoms with E-state index in [9.17, 15) is 19.7 Å². The number of nitro benzene ring substituents is 1. The number of carbonyl (C=O) groups is 2. The molecule has 0 radical (unpaired) electrons. The van der Waals surface area contributed by atoms with Crippen LogP contribution in [-0.4, -0.2) is 21.6 Å². The molecule has 0 heterocycles. The van der Waals surface area contributed by atoms with Gasteiger partial charge in [0.15, 0.2) is 0 Å². The van der Waals surface area contributed by atoms with Gasteiger partial charge in [0.05, 0.1) is 11.0 Å². The molecule has 164 valence electrons. The fourth-order valence-electron chi connectivity index (χ4n) is 3.53. The minimum absolute atomic E-state index is 0.0872. The SMILES string of the molecule is CC(=O)Nc1cccc(C(C)N(Cc2ccccc2)C(=O)c2ccc(C)c([N+](=O)[O-])c2)c1. The zero-order chi connectivity index (χ0) is 23.3. The number of aryl methyl sites for hydroxylation is 1. The van der Waals surface area contributed by atoms with E-state index in [1.165, 1.54) is 13.0 Å². The zero-order valence-corrected chi connectivity index (χ0v) is 18.2. The highest BCUT2D eigenvalue weighted by atomic mass is 16.6. The van der Waals surface area contributed by atoms with Crippen molar-refractivity contribution in [1.82, 2.24) is 4.90 Å². The number of nitro groups is 1. The van der Waals surface area contributed by atoms with Gasteiger partial charge in [0.1, 0.15) is 0 Å². The molecule has 0 aromatic heterocycles. The van der Waals surface area contributed by atoms with E-state index in [1.54, 1.807) is 30.0 Å². The Bertz CT molecular complexity index is 1140. The highest BCUT2D eigenvalue weighted by molar-refractivity contribution is 5.95. The molecule has 3 aromatic rings. The van der Waals surface area contributed by atoms with Gasteiger partial charge in [-0.15, -0.1) is 0 Å². The zero-order valence-electron chi connectivity index (χ0n) is 18.2. The first-order valence-electron chi connectivity index (χ1n) is 10.2. The van der Waals surface area contributed by atoms with E-state index in [4.69, 9.17) is 0 Å². The predicted octanol–water partition coefficient (Wildman–Crippen LogP) is 5.27. The van der Waals surface area contributed by atoms with Crippen molar-refractivity contribution in [2.75, 3.05) is 5.32 Å². The van der Waals surface area contributed by atoms with Crippen LogP contribution in [0.25, 0.3) is 0 Å². The van der Waals surface area contributed by atoms with Crippen molar-refractivity contribution in [3.8, 4) is 0 Å². The maximum atomic E-state index is 13.5. The smallest absolute Gasteiger partial charge is 0.273 e. The maximum absolute atomic E-state index is 13.5. The van der Waals surface area contributed by atoms with Gasteiger partial charge in [0, 0.05) is 36.3 Å². The lowest BCUT2D eigenvalue weighted by atomic mass is 10.0. The number of amides is 2. The molecular formula is C25H25N3O4. The molecule has 3 rings (SSSR count). The summed E-state index contributed by atoms with van der Waals surface area (Å²) in [5.74, 6) is -0.492. The third-order valence-electron chi connectivity index (χ3n) is 5.27.